The number of rotatable bonds is 6. The number of hydrogen-bond donors (Lipinski definition) is 0. The number of furan rings is 1. The Labute approximate surface area is 355 Å². The van der Waals surface area contributed by atoms with Gasteiger partial charge in [0.2, 0.25) is 0 Å². The molecular formula is C59H41NO. The zero-order valence-electron chi connectivity index (χ0n) is 34.1. The summed E-state index contributed by atoms with van der Waals surface area (Å²) in [6.45, 7) is 4.73. The number of hydrogen-bond acceptors (Lipinski definition) is 2. The lowest BCUT2D eigenvalue weighted by Gasteiger charge is -2.31. The van der Waals surface area contributed by atoms with E-state index in [0.29, 0.717) is 0 Å². The van der Waals surface area contributed by atoms with E-state index in [-0.39, 0.29) is 5.41 Å². The Bertz CT molecular complexity index is 3520. The first-order chi connectivity index (χ1) is 30.0. The molecule has 2 heteroatoms. The van der Waals surface area contributed by atoms with Crippen molar-refractivity contribution in [1.29, 1.82) is 0 Å². The van der Waals surface area contributed by atoms with Gasteiger partial charge in [0.15, 0.2) is 0 Å². The fraction of sp³-hybridized carbons (Fsp3) is 0.0508. The highest BCUT2D eigenvalue weighted by Crippen LogP contribution is 2.53. The van der Waals surface area contributed by atoms with Gasteiger partial charge in [-0.25, -0.2) is 0 Å². The molecule has 0 saturated carbocycles. The fourth-order valence-electron chi connectivity index (χ4n) is 10.2. The van der Waals surface area contributed by atoms with Crippen LogP contribution in [0.5, 0.6) is 0 Å². The molecule has 288 valence electrons. The van der Waals surface area contributed by atoms with Gasteiger partial charge in [-0.1, -0.05) is 184 Å². The zero-order chi connectivity index (χ0) is 40.7. The number of para-hydroxylation sites is 2. The molecule has 10 aromatic carbocycles. The predicted molar refractivity (Wildman–Crippen MR) is 257 cm³/mol. The zero-order valence-corrected chi connectivity index (χ0v) is 34.1. The molecule has 12 rings (SSSR count). The van der Waals surface area contributed by atoms with Crippen molar-refractivity contribution in [3.8, 4) is 44.5 Å². The van der Waals surface area contributed by atoms with Gasteiger partial charge in [-0.15, -0.1) is 0 Å². The summed E-state index contributed by atoms with van der Waals surface area (Å²) in [5.41, 5.74) is 17.0. The van der Waals surface area contributed by atoms with Crippen LogP contribution in [0, 0.1) is 0 Å². The van der Waals surface area contributed by atoms with E-state index >= 15 is 0 Å². The van der Waals surface area contributed by atoms with Gasteiger partial charge in [0, 0.05) is 38.7 Å². The molecule has 0 radical (unpaired) electrons. The van der Waals surface area contributed by atoms with E-state index < -0.39 is 0 Å². The summed E-state index contributed by atoms with van der Waals surface area (Å²) in [6, 6.07) is 77.6. The monoisotopic (exact) mass is 779 g/mol. The molecule has 0 spiro atoms. The molecule has 1 heterocycles. The molecule has 2 nitrogen and oxygen atoms in total. The normalized spacial score (nSPS) is 12.9. The fourth-order valence-corrected chi connectivity index (χ4v) is 10.2. The Morgan fingerprint density at radius 3 is 1.89 bits per heavy atom. The summed E-state index contributed by atoms with van der Waals surface area (Å²) < 4.78 is 6.81. The maximum absolute atomic E-state index is 6.81. The van der Waals surface area contributed by atoms with Crippen LogP contribution in [-0.4, -0.2) is 0 Å². The first kappa shape index (κ1) is 35.3. The smallest absolute Gasteiger partial charge is 0.143 e. The first-order valence-electron chi connectivity index (χ1n) is 21.2. The second-order valence-corrected chi connectivity index (χ2v) is 16.8. The van der Waals surface area contributed by atoms with E-state index in [2.05, 4.69) is 231 Å². The van der Waals surface area contributed by atoms with Gasteiger partial charge in [0.1, 0.15) is 11.2 Å². The van der Waals surface area contributed by atoms with Crippen molar-refractivity contribution in [2.24, 2.45) is 0 Å². The average Bonchev–Trinajstić information content (AvgIpc) is 3.81. The van der Waals surface area contributed by atoms with Crippen molar-refractivity contribution in [3.05, 3.63) is 223 Å². The number of fused-ring (bicyclic) bond motifs is 9. The molecule has 1 aliphatic rings. The lowest BCUT2D eigenvalue weighted by Crippen LogP contribution is -2.17. The van der Waals surface area contributed by atoms with Crippen molar-refractivity contribution in [2.45, 2.75) is 19.3 Å². The van der Waals surface area contributed by atoms with Gasteiger partial charge in [-0.2, -0.15) is 0 Å². The van der Waals surface area contributed by atoms with Crippen LogP contribution in [0.4, 0.5) is 17.1 Å². The van der Waals surface area contributed by atoms with Crippen LogP contribution in [0.15, 0.2) is 217 Å². The first-order valence-corrected chi connectivity index (χ1v) is 21.2. The molecule has 1 aromatic heterocycles. The minimum Gasteiger partial charge on any atom is -0.455 e. The maximum Gasteiger partial charge on any atom is 0.143 e. The van der Waals surface area contributed by atoms with Crippen LogP contribution in [0.3, 0.4) is 0 Å². The van der Waals surface area contributed by atoms with E-state index in [1.165, 1.54) is 54.9 Å². The Morgan fingerprint density at radius 1 is 0.377 bits per heavy atom. The molecular weight excluding hydrogens is 739 g/mol. The van der Waals surface area contributed by atoms with Crippen LogP contribution in [0.2, 0.25) is 0 Å². The van der Waals surface area contributed by atoms with Gasteiger partial charge >= 0.3 is 0 Å². The highest BCUT2D eigenvalue weighted by atomic mass is 16.3. The largest absolute Gasteiger partial charge is 0.455 e. The van der Waals surface area contributed by atoms with E-state index in [4.69, 9.17) is 4.42 Å². The summed E-state index contributed by atoms with van der Waals surface area (Å²) in [6.07, 6.45) is 0. The highest BCUT2D eigenvalue weighted by molar-refractivity contribution is 6.18. The van der Waals surface area contributed by atoms with Gasteiger partial charge in [-0.05, 0) is 109 Å². The second-order valence-electron chi connectivity index (χ2n) is 16.8. The number of benzene rings is 10. The van der Waals surface area contributed by atoms with Gasteiger partial charge in [-0.3, -0.25) is 0 Å². The molecule has 0 unspecified atom stereocenters. The third-order valence-corrected chi connectivity index (χ3v) is 13.1. The molecule has 0 aliphatic heterocycles. The Balaban J connectivity index is 1.20. The maximum atomic E-state index is 6.81. The van der Waals surface area contributed by atoms with E-state index in [9.17, 15) is 0 Å². The molecule has 0 atom stereocenters. The SMILES string of the molecule is CC1(C)c2ccccc2-c2ccc(N(c3cccc(-c4ccccc4)c3)c3cccc(-c4cccc5c4oc4ccccc45)c3-c3cc4ccccc4c4ccccc34)cc21. The topological polar surface area (TPSA) is 16.4 Å². The third kappa shape index (κ3) is 5.49. The van der Waals surface area contributed by atoms with Crippen molar-refractivity contribution < 1.29 is 4.42 Å². The second kappa shape index (κ2) is 13.7. The van der Waals surface area contributed by atoms with Crippen molar-refractivity contribution in [2.75, 3.05) is 4.90 Å². The summed E-state index contributed by atoms with van der Waals surface area (Å²) in [5.74, 6) is 0. The van der Waals surface area contributed by atoms with Crippen LogP contribution in [0.1, 0.15) is 25.0 Å². The minimum absolute atomic E-state index is 0.171. The highest BCUT2D eigenvalue weighted by Gasteiger charge is 2.36. The molecule has 11 aromatic rings. The lowest BCUT2D eigenvalue weighted by atomic mass is 9.82. The molecule has 0 bridgehead atoms. The molecule has 0 N–H and O–H groups in total. The van der Waals surface area contributed by atoms with E-state index in [1.807, 2.05) is 0 Å². The summed E-state index contributed by atoms with van der Waals surface area (Å²) in [7, 11) is 0. The summed E-state index contributed by atoms with van der Waals surface area (Å²) >= 11 is 0. The lowest BCUT2D eigenvalue weighted by molar-refractivity contribution is 0.660. The van der Waals surface area contributed by atoms with Gasteiger partial charge in [0.05, 0.1) is 5.69 Å². The van der Waals surface area contributed by atoms with Gasteiger partial charge in [0.25, 0.3) is 0 Å². The third-order valence-electron chi connectivity index (χ3n) is 13.1. The summed E-state index contributed by atoms with van der Waals surface area (Å²) in [4.78, 5) is 2.49. The molecule has 0 amide bonds. The van der Waals surface area contributed by atoms with E-state index in [0.717, 1.165) is 61.3 Å². The van der Waals surface area contributed by atoms with E-state index in [1.54, 1.807) is 0 Å². The Hall–Kier alpha value is -7.68. The Kier molecular flexibility index (Phi) is 7.92. The van der Waals surface area contributed by atoms with Crippen LogP contribution in [0.25, 0.3) is 88.0 Å². The average molecular weight is 780 g/mol. The van der Waals surface area contributed by atoms with Crippen molar-refractivity contribution in [1.82, 2.24) is 0 Å². The van der Waals surface area contributed by atoms with Crippen LogP contribution >= 0.6 is 0 Å². The molecule has 0 fully saturated rings. The minimum atomic E-state index is -0.171. The van der Waals surface area contributed by atoms with Crippen LogP contribution < -0.4 is 4.90 Å². The predicted octanol–water partition coefficient (Wildman–Crippen LogP) is 16.7. The molecule has 0 saturated heterocycles. The van der Waals surface area contributed by atoms with Crippen molar-refractivity contribution in [3.63, 3.8) is 0 Å². The molecule has 61 heavy (non-hydrogen) atoms. The molecule has 1 aliphatic carbocycles. The van der Waals surface area contributed by atoms with Crippen molar-refractivity contribution >= 4 is 60.5 Å². The standard InChI is InChI=1S/C59H41NO/c1-59(2)53-30-12-10-25-46(53)47-34-33-42(37-54(47)59)60(41-21-14-20-39(35-41)38-17-4-3-5-18-38)55-31-16-27-49(51-29-15-28-50-48-26-11-13-32-56(48)61-58(50)51)57(55)52-36-40-19-6-7-22-43(40)44-23-8-9-24-45(44)52/h3-37H,1-2H3. The summed E-state index contributed by atoms with van der Waals surface area (Å²) in [5, 5.41) is 7.11. The quantitative estimate of drug-likeness (QED) is 0.156. The number of anilines is 3. The van der Waals surface area contributed by atoms with Gasteiger partial charge < -0.3 is 9.32 Å². The number of nitrogens with zero attached hydrogens (tertiary/aromatic N) is 1. The van der Waals surface area contributed by atoms with Crippen LogP contribution in [-0.2, 0) is 5.41 Å². The Morgan fingerprint density at radius 2 is 1.00 bits per heavy atom.